The summed E-state index contributed by atoms with van der Waals surface area (Å²) in [6.45, 7) is 3.74. The lowest BCUT2D eigenvalue weighted by molar-refractivity contribution is 0.0291. The molecule has 1 aliphatic heterocycles. The van der Waals surface area contributed by atoms with E-state index in [1.165, 1.54) is 44.9 Å². The first-order chi connectivity index (χ1) is 8.45. The molecule has 100 valence electrons. The van der Waals surface area contributed by atoms with Gasteiger partial charge in [-0.3, -0.25) is 0 Å². The van der Waals surface area contributed by atoms with Crippen LogP contribution in [0.25, 0.3) is 0 Å². The van der Waals surface area contributed by atoms with Crippen LogP contribution in [-0.4, -0.2) is 38.5 Å². The lowest BCUT2D eigenvalue weighted by Crippen LogP contribution is -2.33. The van der Waals surface area contributed by atoms with Gasteiger partial charge in [-0.25, -0.2) is 0 Å². The summed E-state index contributed by atoms with van der Waals surface area (Å²) in [5.41, 5.74) is 0. The second kappa shape index (κ2) is 8.06. The van der Waals surface area contributed by atoms with Gasteiger partial charge in [0.05, 0.1) is 12.7 Å². The van der Waals surface area contributed by atoms with Crippen molar-refractivity contribution >= 4 is 0 Å². The minimum atomic E-state index is 0.544. The zero-order valence-corrected chi connectivity index (χ0v) is 11.0. The van der Waals surface area contributed by atoms with Gasteiger partial charge in [0, 0.05) is 25.8 Å². The van der Waals surface area contributed by atoms with Crippen LogP contribution in [0.4, 0.5) is 0 Å². The third kappa shape index (κ3) is 5.36. The van der Waals surface area contributed by atoms with Crippen LogP contribution in [0.5, 0.6) is 0 Å². The molecule has 2 fully saturated rings. The molecule has 17 heavy (non-hydrogen) atoms. The second-order valence-electron chi connectivity index (χ2n) is 5.33. The Morgan fingerprint density at radius 2 is 1.82 bits per heavy atom. The lowest BCUT2D eigenvalue weighted by atomic mass is 9.98. The lowest BCUT2D eigenvalue weighted by Gasteiger charge is -2.23. The molecule has 1 aliphatic carbocycles. The second-order valence-corrected chi connectivity index (χ2v) is 5.33. The van der Waals surface area contributed by atoms with Crippen molar-refractivity contribution in [1.82, 2.24) is 5.32 Å². The molecular weight excluding hydrogens is 214 g/mol. The molecule has 2 aliphatic rings. The van der Waals surface area contributed by atoms with E-state index < -0.39 is 0 Å². The number of hydrogen-bond donors (Lipinski definition) is 1. The van der Waals surface area contributed by atoms with E-state index in [1.807, 2.05) is 0 Å². The van der Waals surface area contributed by atoms with Gasteiger partial charge in [-0.2, -0.15) is 0 Å². The van der Waals surface area contributed by atoms with Crippen LogP contribution < -0.4 is 5.32 Å². The summed E-state index contributed by atoms with van der Waals surface area (Å²) < 4.78 is 11.4. The maximum absolute atomic E-state index is 5.91. The van der Waals surface area contributed by atoms with Crippen molar-refractivity contribution < 1.29 is 9.47 Å². The van der Waals surface area contributed by atoms with E-state index in [-0.39, 0.29) is 0 Å². The largest absolute Gasteiger partial charge is 0.381 e. The van der Waals surface area contributed by atoms with Crippen LogP contribution in [0.3, 0.4) is 0 Å². The summed E-state index contributed by atoms with van der Waals surface area (Å²) in [5, 5.41) is 3.60. The van der Waals surface area contributed by atoms with Gasteiger partial charge in [-0.1, -0.05) is 19.3 Å². The predicted molar refractivity (Wildman–Crippen MR) is 69.3 cm³/mol. The van der Waals surface area contributed by atoms with Crippen molar-refractivity contribution in [2.75, 3.05) is 26.4 Å². The number of rotatable bonds is 5. The van der Waals surface area contributed by atoms with Crippen molar-refractivity contribution in [3.05, 3.63) is 0 Å². The molecule has 0 aromatic carbocycles. The summed E-state index contributed by atoms with van der Waals surface area (Å²) >= 11 is 0. The summed E-state index contributed by atoms with van der Waals surface area (Å²) in [4.78, 5) is 0. The molecule has 1 N–H and O–H groups in total. The molecular formula is C14H27NO2. The Morgan fingerprint density at radius 1 is 0.941 bits per heavy atom. The monoisotopic (exact) mass is 241 g/mol. The topological polar surface area (TPSA) is 30.5 Å². The molecule has 1 saturated carbocycles. The SMILES string of the molecule is C1CCC(OCCNC2CCCOCC2)CC1. The summed E-state index contributed by atoms with van der Waals surface area (Å²) in [6, 6.07) is 0.646. The van der Waals surface area contributed by atoms with Crippen molar-refractivity contribution in [1.29, 1.82) is 0 Å². The Kier molecular flexibility index (Phi) is 6.32. The quantitative estimate of drug-likeness (QED) is 0.750. The van der Waals surface area contributed by atoms with Crippen LogP contribution in [0.15, 0.2) is 0 Å². The number of ether oxygens (including phenoxy) is 2. The van der Waals surface area contributed by atoms with E-state index in [1.54, 1.807) is 0 Å². The van der Waals surface area contributed by atoms with Crippen LogP contribution >= 0.6 is 0 Å². The maximum Gasteiger partial charge on any atom is 0.0594 e. The van der Waals surface area contributed by atoms with Crippen LogP contribution in [-0.2, 0) is 9.47 Å². The molecule has 0 bridgehead atoms. The Hall–Kier alpha value is -0.120. The van der Waals surface area contributed by atoms with E-state index in [4.69, 9.17) is 9.47 Å². The van der Waals surface area contributed by atoms with Crippen LogP contribution in [0.2, 0.25) is 0 Å². The van der Waals surface area contributed by atoms with Gasteiger partial charge < -0.3 is 14.8 Å². The highest BCUT2D eigenvalue weighted by Gasteiger charge is 2.14. The van der Waals surface area contributed by atoms with Gasteiger partial charge >= 0.3 is 0 Å². The Balaban J connectivity index is 1.49. The number of nitrogens with one attached hydrogen (secondary N) is 1. The van der Waals surface area contributed by atoms with Gasteiger partial charge in [-0.05, 0) is 32.1 Å². The van der Waals surface area contributed by atoms with E-state index >= 15 is 0 Å². The minimum absolute atomic E-state index is 0.544. The smallest absolute Gasteiger partial charge is 0.0594 e. The maximum atomic E-state index is 5.91. The zero-order valence-electron chi connectivity index (χ0n) is 11.0. The molecule has 1 unspecified atom stereocenters. The average Bonchev–Trinajstić information content (AvgIpc) is 2.65. The normalized spacial score (nSPS) is 27.9. The molecule has 0 radical (unpaired) electrons. The van der Waals surface area contributed by atoms with Crippen LogP contribution in [0, 0.1) is 0 Å². The molecule has 1 atom stereocenters. The fourth-order valence-electron chi connectivity index (χ4n) is 2.83. The first-order valence-electron chi connectivity index (χ1n) is 7.38. The molecule has 1 saturated heterocycles. The fraction of sp³-hybridized carbons (Fsp3) is 1.00. The Bertz CT molecular complexity index is 185. The zero-order chi connectivity index (χ0) is 11.8. The summed E-state index contributed by atoms with van der Waals surface area (Å²) in [5.74, 6) is 0. The third-order valence-electron chi connectivity index (χ3n) is 3.89. The average molecular weight is 241 g/mol. The van der Waals surface area contributed by atoms with Gasteiger partial charge in [0.1, 0.15) is 0 Å². The molecule has 3 heteroatoms. The molecule has 0 spiro atoms. The highest BCUT2D eigenvalue weighted by atomic mass is 16.5. The summed E-state index contributed by atoms with van der Waals surface area (Å²) in [7, 11) is 0. The van der Waals surface area contributed by atoms with E-state index in [2.05, 4.69) is 5.32 Å². The third-order valence-corrected chi connectivity index (χ3v) is 3.89. The van der Waals surface area contributed by atoms with Crippen LogP contribution in [0.1, 0.15) is 51.4 Å². The standard InChI is InChI=1S/C14H27NO2/c1-2-6-14(7-3-1)17-12-9-15-13-5-4-10-16-11-8-13/h13-15H,1-12H2. The molecule has 2 rings (SSSR count). The van der Waals surface area contributed by atoms with Crippen molar-refractivity contribution in [2.24, 2.45) is 0 Å². The van der Waals surface area contributed by atoms with Gasteiger partial charge in [-0.15, -0.1) is 0 Å². The van der Waals surface area contributed by atoms with Crippen molar-refractivity contribution in [2.45, 2.75) is 63.5 Å². The number of hydrogen-bond acceptors (Lipinski definition) is 3. The minimum Gasteiger partial charge on any atom is -0.381 e. The van der Waals surface area contributed by atoms with E-state index in [0.717, 1.165) is 32.8 Å². The van der Waals surface area contributed by atoms with E-state index in [0.29, 0.717) is 12.1 Å². The fourth-order valence-corrected chi connectivity index (χ4v) is 2.83. The molecule has 1 heterocycles. The highest BCUT2D eigenvalue weighted by Crippen LogP contribution is 2.19. The predicted octanol–water partition coefficient (Wildman–Crippen LogP) is 2.49. The van der Waals surface area contributed by atoms with Gasteiger partial charge in [0.15, 0.2) is 0 Å². The summed E-state index contributed by atoms with van der Waals surface area (Å²) in [6.07, 6.45) is 10.8. The molecule has 0 aromatic rings. The van der Waals surface area contributed by atoms with Gasteiger partial charge in [0.25, 0.3) is 0 Å². The Morgan fingerprint density at radius 3 is 2.71 bits per heavy atom. The Labute approximate surface area is 105 Å². The first kappa shape index (κ1) is 13.3. The van der Waals surface area contributed by atoms with Crippen molar-refractivity contribution in [3.63, 3.8) is 0 Å². The molecule has 0 aromatic heterocycles. The van der Waals surface area contributed by atoms with Gasteiger partial charge in [0.2, 0.25) is 0 Å². The first-order valence-corrected chi connectivity index (χ1v) is 7.38. The van der Waals surface area contributed by atoms with Crippen molar-refractivity contribution in [3.8, 4) is 0 Å². The highest BCUT2D eigenvalue weighted by molar-refractivity contribution is 4.70. The molecule has 0 amide bonds. The molecule has 3 nitrogen and oxygen atoms in total. The van der Waals surface area contributed by atoms with E-state index in [9.17, 15) is 0 Å².